The van der Waals surface area contributed by atoms with E-state index >= 15 is 0 Å². The van der Waals surface area contributed by atoms with Crippen LogP contribution in [0.1, 0.15) is 59.3 Å². The van der Waals surface area contributed by atoms with E-state index in [2.05, 4.69) is 20.8 Å². The first-order valence-electron chi connectivity index (χ1n) is 7.72. The SMILES string of the molecule is CCC(C)(C)C1CCC2(CCOC2CS(=O)(=O)F)CC1. The molecule has 1 spiro atoms. The lowest BCUT2D eigenvalue weighted by molar-refractivity contribution is 0.0136. The van der Waals surface area contributed by atoms with Crippen LogP contribution in [0.5, 0.6) is 0 Å². The van der Waals surface area contributed by atoms with E-state index < -0.39 is 22.1 Å². The van der Waals surface area contributed by atoms with E-state index in [0.29, 0.717) is 17.9 Å². The molecule has 2 rings (SSSR count). The third-order valence-corrected chi connectivity index (χ3v) is 6.65. The molecule has 20 heavy (non-hydrogen) atoms. The van der Waals surface area contributed by atoms with Crippen LogP contribution >= 0.6 is 0 Å². The Morgan fingerprint density at radius 1 is 1.25 bits per heavy atom. The zero-order valence-corrected chi connectivity index (χ0v) is 13.6. The predicted molar refractivity (Wildman–Crippen MR) is 77.7 cm³/mol. The lowest BCUT2D eigenvalue weighted by atomic mass is 9.61. The highest BCUT2D eigenvalue weighted by atomic mass is 32.3. The number of ether oxygens (including phenoxy) is 1. The molecule has 2 aliphatic rings. The zero-order chi connectivity index (χ0) is 15.0. The van der Waals surface area contributed by atoms with Crippen molar-refractivity contribution in [3.05, 3.63) is 0 Å². The Hall–Kier alpha value is -0.160. The molecule has 0 aromatic carbocycles. The normalized spacial score (nSPS) is 35.6. The van der Waals surface area contributed by atoms with Gasteiger partial charge in [0.25, 0.3) is 0 Å². The van der Waals surface area contributed by atoms with Gasteiger partial charge in [0, 0.05) is 6.61 Å². The molecule has 1 atom stereocenters. The fourth-order valence-electron chi connectivity index (χ4n) is 3.98. The molecular formula is C15H27FO3S. The average molecular weight is 306 g/mol. The maximum atomic E-state index is 13.0. The van der Waals surface area contributed by atoms with Crippen LogP contribution in [0.15, 0.2) is 0 Å². The first-order chi connectivity index (χ1) is 9.19. The van der Waals surface area contributed by atoms with Crippen LogP contribution < -0.4 is 0 Å². The van der Waals surface area contributed by atoms with Crippen molar-refractivity contribution in [2.24, 2.45) is 16.7 Å². The van der Waals surface area contributed by atoms with Gasteiger partial charge in [0.05, 0.1) is 6.10 Å². The van der Waals surface area contributed by atoms with Gasteiger partial charge in [-0.3, -0.25) is 0 Å². The van der Waals surface area contributed by atoms with Crippen LogP contribution in [0.3, 0.4) is 0 Å². The lowest BCUT2D eigenvalue weighted by Gasteiger charge is -2.45. The van der Waals surface area contributed by atoms with Crippen LogP contribution in [0.4, 0.5) is 3.89 Å². The van der Waals surface area contributed by atoms with Crippen molar-refractivity contribution >= 4 is 10.2 Å². The van der Waals surface area contributed by atoms with E-state index in [9.17, 15) is 12.3 Å². The van der Waals surface area contributed by atoms with Gasteiger partial charge in [-0.1, -0.05) is 27.2 Å². The molecule has 0 aromatic heterocycles. The maximum absolute atomic E-state index is 13.0. The second kappa shape index (κ2) is 5.56. The smallest absolute Gasteiger partial charge is 0.304 e. The van der Waals surface area contributed by atoms with Gasteiger partial charge in [-0.05, 0) is 48.9 Å². The van der Waals surface area contributed by atoms with E-state index in [0.717, 1.165) is 38.5 Å². The Morgan fingerprint density at radius 2 is 1.85 bits per heavy atom. The molecule has 1 heterocycles. The molecule has 0 aromatic rings. The summed E-state index contributed by atoms with van der Waals surface area (Å²) in [6.45, 7) is 7.41. The highest BCUT2D eigenvalue weighted by Crippen LogP contribution is 2.52. The molecule has 1 aliphatic carbocycles. The van der Waals surface area contributed by atoms with Crippen molar-refractivity contribution in [1.82, 2.24) is 0 Å². The Bertz CT molecular complexity index is 436. The summed E-state index contributed by atoms with van der Waals surface area (Å²) in [5, 5.41) is 0. The van der Waals surface area contributed by atoms with Crippen molar-refractivity contribution in [2.45, 2.75) is 65.4 Å². The third-order valence-electron chi connectivity index (χ3n) is 5.95. The van der Waals surface area contributed by atoms with Gasteiger partial charge >= 0.3 is 10.2 Å². The number of rotatable bonds is 4. The summed E-state index contributed by atoms with van der Waals surface area (Å²) in [6, 6.07) is 0. The van der Waals surface area contributed by atoms with Gasteiger partial charge in [-0.25, -0.2) is 0 Å². The molecule has 1 saturated carbocycles. The number of hydrogen-bond acceptors (Lipinski definition) is 3. The quantitative estimate of drug-likeness (QED) is 0.744. The van der Waals surface area contributed by atoms with Crippen LogP contribution in [0, 0.1) is 16.7 Å². The Labute approximate surface area is 122 Å². The number of hydrogen-bond donors (Lipinski definition) is 0. The summed E-state index contributed by atoms with van der Waals surface area (Å²) in [5.41, 5.74) is 0.238. The minimum Gasteiger partial charge on any atom is -0.376 e. The molecule has 0 bridgehead atoms. The van der Waals surface area contributed by atoms with Crippen molar-refractivity contribution in [3.8, 4) is 0 Å². The largest absolute Gasteiger partial charge is 0.376 e. The predicted octanol–water partition coefficient (Wildman–Crippen LogP) is 3.69. The van der Waals surface area contributed by atoms with Gasteiger partial charge in [0.2, 0.25) is 0 Å². The van der Waals surface area contributed by atoms with E-state index in [1.807, 2.05) is 0 Å². The summed E-state index contributed by atoms with van der Waals surface area (Å²) in [5.74, 6) is 0.218. The lowest BCUT2D eigenvalue weighted by Crippen LogP contribution is -2.41. The second-order valence-corrected chi connectivity index (χ2v) is 8.70. The molecule has 0 N–H and O–H groups in total. The van der Waals surface area contributed by atoms with E-state index in [1.54, 1.807) is 0 Å². The number of halogens is 1. The van der Waals surface area contributed by atoms with Gasteiger partial charge in [0.1, 0.15) is 5.75 Å². The molecular weight excluding hydrogens is 279 g/mol. The first kappa shape index (κ1) is 16.2. The van der Waals surface area contributed by atoms with Crippen molar-refractivity contribution < 1.29 is 17.0 Å². The molecule has 1 saturated heterocycles. The average Bonchev–Trinajstić information content (AvgIpc) is 2.71. The third kappa shape index (κ3) is 3.35. The van der Waals surface area contributed by atoms with Crippen molar-refractivity contribution in [2.75, 3.05) is 12.4 Å². The van der Waals surface area contributed by atoms with E-state index in [-0.39, 0.29) is 5.41 Å². The minimum atomic E-state index is -4.45. The fraction of sp³-hybridized carbons (Fsp3) is 1.00. The van der Waals surface area contributed by atoms with E-state index in [1.165, 1.54) is 0 Å². The standard InChI is InChI=1S/C15H27FO3S/c1-4-14(2,3)12-5-7-15(8-6-12)9-10-19-13(15)11-20(16,17)18/h12-13H,4-11H2,1-3H3. The Kier molecular flexibility index (Phi) is 4.51. The van der Waals surface area contributed by atoms with Crippen LogP contribution in [0.2, 0.25) is 0 Å². The summed E-state index contributed by atoms with van der Waals surface area (Å²) in [6.07, 6.45) is 5.75. The molecule has 1 unspecified atom stereocenters. The minimum absolute atomic E-state index is 0.0977. The van der Waals surface area contributed by atoms with Gasteiger partial charge in [0.15, 0.2) is 0 Å². The fourth-order valence-corrected chi connectivity index (χ4v) is 4.79. The molecule has 0 radical (unpaired) electrons. The Morgan fingerprint density at radius 3 is 2.35 bits per heavy atom. The monoisotopic (exact) mass is 306 g/mol. The van der Waals surface area contributed by atoms with Crippen LogP contribution in [0.25, 0.3) is 0 Å². The molecule has 5 heteroatoms. The highest BCUT2D eigenvalue weighted by Gasteiger charge is 2.49. The molecule has 1 aliphatic heterocycles. The van der Waals surface area contributed by atoms with Crippen LogP contribution in [-0.4, -0.2) is 26.9 Å². The van der Waals surface area contributed by atoms with Crippen molar-refractivity contribution in [1.29, 1.82) is 0 Å². The molecule has 118 valence electrons. The molecule has 0 amide bonds. The van der Waals surface area contributed by atoms with E-state index in [4.69, 9.17) is 4.74 Å². The topological polar surface area (TPSA) is 43.4 Å². The summed E-state index contributed by atoms with van der Waals surface area (Å²) in [7, 11) is -4.45. The first-order valence-corrected chi connectivity index (χ1v) is 9.28. The second-order valence-electron chi connectivity index (χ2n) is 7.29. The summed E-state index contributed by atoms with van der Waals surface area (Å²) < 4.78 is 40.4. The Balaban J connectivity index is 2.04. The molecule has 3 nitrogen and oxygen atoms in total. The van der Waals surface area contributed by atoms with Gasteiger partial charge < -0.3 is 4.74 Å². The highest BCUT2D eigenvalue weighted by molar-refractivity contribution is 7.86. The zero-order valence-electron chi connectivity index (χ0n) is 12.8. The summed E-state index contributed by atoms with van der Waals surface area (Å²) in [4.78, 5) is 0. The molecule has 2 fully saturated rings. The maximum Gasteiger partial charge on any atom is 0.304 e. The van der Waals surface area contributed by atoms with Crippen LogP contribution in [-0.2, 0) is 15.0 Å². The van der Waals surface area contributed by atoms with Gasteiger partial charge in [-0.15, -0.1) is 3.89 Å². The summed E-state index contributed by atoms with van der Waals surface area (Å²) >= 11 is 0. The van der Waals surface area contributed by atoms with Gasteiger partial charge in [-0.2, -0.15) is 8.42 Å². The van der Waals surface area contributed by atoms with Crippen molar-refractivity contribution in [3.63, 3.8) is 0 Å².